The van der Waals surface area contributed by atoms with Crippen LogP contribution in [-0.2, 0) is 11.2 Å². The van der Waals surface area contributed by atoms with E-state index < -0.39 is 23.7 Å². The van der Waals surface area contributed by atoms with Crippen LogP contribution in [0.25, 0.3) is 0 Å². The summed E-state index contributed by atoms with van der Waals surface area (Å²) in [5, 5.41) is 21.4. The van der Waals surface area contributed by atoms with E-state index in [0.717, 1.165) is 4.90 Å². The Labute approximate surface area is 176 Å². The van der Waals surface area contributed by atoms with Crippen molar-refractivity contribution < 1.29 is 29.4 Å². The van der Waals surface area contributed by atoms with Crippen molar-refractivity contribution in [3.8, 4) is 5.75 Å². The number of carbonyl (C=O) groups excluding carboxylic acids is 3. The minimum absolute atomic E-state index is 0.0770. The summed E-state index contributed by atoms with van der Waals surface area (Å²) < 4.78 is 0. The van der Waals surface area contributed by atoms with Crippen LogP contribution in [0.1, 0.15) is 36.6 Å². The quantitative estimate of drug-likeness (QED) is 0.434. The van der Waals surface area contributed by atoms with Gasteiger partial charge >= 0.3 is 5.97 Å². The fourth-order valence-electron chi connectivity index (χ4n) is 3.35. The normalized spacial score (nSPS) is 12.6. The molecule has 0 saturated heterocycles. The van der Waals surface area contributed by atoms with Crippen LogP contribution in [0.15, 0.2) is 66.7 Å². The van der Waals surface area contributed by atoms with E-state index in [1.807, 2.05) is 0 Å². The summed E-state index contributed by atoms with van der Waals surface area (Å²) in [5.41, 5.74) is 1.70. The Bertz CT molecular complexity index is 1200. The van der Waals surface area contributed by atoms with Crippen molar-refractivity contribution in [2.75, 3.05) is 10.2 Å². The number of benzene rings is 3. The summed E-state index contributed by atoms with van der Waals surface area (Å²) in [6.07, 6.45) is -0.252. The standard InChI is InChI=1S/C23H16N2O6/c26-19-10-5-13(12-20(27)28)11-18(19)24-21(29)14-6-8-15(9-7-14)25-22(30)16-3-1-2-4-17(16)23(25)31/h1-11,26H,12H2,(H,24,29)(H,27,28). The molecule has 4 rings (SSSR count). The Kier molecular flexibility index (Phi) is 4.96. The summed E-state index contributed by atoms with van der Waals surface area (Å²) in [6, 6.07) is 16.5. The van der Waals surface area contributed by atoms with Gasteiger partial charge < -0.3 is 15.5 Å². The highest BCUT2D eigenvalue weighted by Gasteiger charge is 2.36. The Hall–Kier alpha value is -4.46. The second-order valence-corrected chi connectivity index (χ2v) is 6.91. The zero-order valence-corrected chi connectivity index (χ0v) is 16.0. The number of phenolic OH excluding ortho intramolecular Hbond substituents is 1. The number of carboxylic acids is 1. The third kappa shape index (κ3) is 3.74. The first-order valence-corrected chi connectivity index (χ1v) is 9.28. The molecule has 3 N–H and O–H groups in total. The first kappa shape index (κ1) is 19.8. The number of phenols is 1. The van der Waals surface area contributed by atoms with Crippen LogP contribution in [0.3, 0.4) is 0 Å². The van der Waals surface area contributed by atoms with Crippen molar-refractivity contribution in [1.82, 2.24) is 0 Å². The molecule has 0 aromatic heterocycles. The van der Waals surface area contributed by atoms with E-state index in [0.29, 0.717) is 22.4 Å². The van der Waals surface area contributed by atoms with Crippen LogP contribution >= 0.6 is 0 Å². The van der Waals surface area contributed by atoms with Gasteiger partial charge in [-0.1, -0.05) is 18.2 Å². The predicted octanol–water partition coefficient (Wildman–Crippen LogP) is 3.07. The second kappa shape index (κ2) is 7.75. The molecule has 1 aliphatic rings. The molecule has 3 amide bonds. The molecule has 31 heavy (non-hydrogen) atoms. The number of nitrogens with one attached hydrogen (secondary N) is 1. The topological polar surface area (TPSA) is 124 Å². The molecule has 0 unspecified atom stereocenters. The molecule has 0 atom stereocenters. The predicted molar refractivity (Wildman–Crippen MR) is 111 cm³/mol. The Morgan fingerprint density at radius 3 is 2.06 bits per heavy atom. The van der Waals surface area contributed by atoms with Crippen LogP contribution < -0.4 is 10.2 Å². The van der Waals surface area contributed by atoms with E-state index in [9.17, 15) is 24.3 Å². The van der Waals surface area contributed by atoms with Crippen LogP contribution in [0, 0.1) is 0 Å². The number of hydrogen-bond donors (Lipinski definition) is 3. The Morgan fingerprint density at radius 1 is 0.871 bits per heavy atom. The summed E-state index contributed by atoms with van der Waals surface area (Å²) in [6.45, 7) is 0. The lowest BCUT2D eigenvalue weighted by molar-refractivity contribution is -0.136. The molecular weight excluding hydrogens is 400 g/mol. The van der Waals surface area contributed by atoms with Crippen LogP contribution in [-0.4, -0.2) is 33.9 Å². The van der Waals surface area contributed by atoms with E-state index >= 15 is 0 Å². The number of imide groups is 1. The van der Waals surface area contributed by atoms with Gasteiger partial charge in [-0.2, -0.15) is 0 Å². The number of rotatable bonds is 5. The van der Waals surface area contributed by atoms with Crippen molar-refractivity contribution in [2.24, 2.45) is 0 Å². The van der Waals surface area contributed by atoms with Gasteiger partial charge in [-0.25, -0.2) is 4.90 Å². The maximum atomic E-state index is 12.6. The molecule has 0 saturated carbocycles. The van der Waals surface area contributed by atoms with Gasteiger partial charge in [-0.3, -0.25) is 19.2 Å². The zero-order valence-electron chi connectivity index (χ0n) is 16.0. The molecule has 8 heteroatoms. The van der Waals surface area contributed by atoms with Crippen molar-refractivity contribution in [3.63, 3.8) is 0 Å². The molecule has 8 nitrogen and oxygen atoms in total. The molecule has 1 aliphatic heterocycles. The highest BCUT2D eigenvalue weighted by Crippen LogP contribution is 2.29. The average Bonchev–Trinajstić information content (AvgIpc) is 3.01. The monoisotopic (exact) mass is 416 g/mol. The lowest BCUT2D eigenvalue weighted by Crippen LogP contribution is -2.29. The van der Waals surface area contributed by atoms with Crippen LogP contribution in [0.2, 0.25) is 0 Å². The Morgan fingerprint density at radius 2 is 1.48 bits per heavy atom. The largest absolute Gasteiger partial charge is 0.506 e. The molecule has 3 aromatic carbocycles. The number of nitrogens with zero attached hydrogens (tertiary/aromatic N) is 1. The number of aliphatic carboxylic acids is 1. The van der Waals surface area contributed by atoms with E-state index in [1.165, 1.54) is 42.5 Å². The third-order valence-corrected chi connectivity index (χ3v) is 4.85. The van der Waals surface area contributed by atoms with Crippen LogP contribution in [0.5, 0.6) is 5.75 Å². The average molecular weight is 416 g/mol. The van der Waals surface area contributed by atoms with Gasteiger partial charge in [0.15, 0.2) is 0 Å². The van der Waals surface area contributed by atoms with Crippen molar-refractivity contribution in [2.45, 2.75) is 6.42 Å². The molecule has 0 radical (unpaired) electrons. The Balaban J connectivity index is 1.53. The maximum Gasteiger partial charge on any atom is 0.307 e. The highest BCUT2D eigenvalue weighted by atomic mass is 16.4. The third-order valence-electron chi connectivity index (χ3n) is 4.85. The summed E-state index contributed by atoms with van der Waals surface area (Å²) in [5.74, 6) is -2.65. The SMILES string of the molecule is O=C(O)Cc1ccc(O)c(NC(=O)c2ccc(N3C(=O)c4ccccc4C3=O)cc2)c1. The maximum absolute atomic E-state index is 12.6. The number of carbonyl (C=O) groups is 4. The fraction of sp³-hybridized carbons (Fsp3) is 0.0435. The number of fused-ring (bicyclic) bond motifs is 1. The summed E-state index contributed by atoms with van der Waals surface area (Å²) >= 11 is 0. The highest BCUT2D eigenvalue weighted by molar-refractivity contribution is 6.34. The zero-order chi connectivity index (χ0) is 22.1. The first-order chi connectivity index (χ1) is 14.8. The molecule has 154 valence electrons. The van der Waals surface area contributed by atoms with E-state index in [1.54, 1.807) is 24.3 Å². The van der Waals surface area contributed by atoms with Crippen LogP contribution in [0.4, 0.5) is 11.4 Å². The van der Waals surface area contributed by atoms with Crippen molar-refractivity contribution in [1.29, 1.82) is 0 Å². The smallest absolute Gasteiger partial charge is 0.307 e. The molecular formula is C23H16N2O6. The number of anilines is 2. The minimum Gasteiger partial charge on any atom is -0.506 e. The van der Waals surface area contributed by atoms with E-state index in [2.05, 4.69) is 5.32 Å². The van der Waals surface area contributed by atoms with Gasteiger partial charge in [0.25, 0.3) is 17.7 Å². The van der Waals surface area contributed by atoms with Gasteiger partial charge in [0.05, 0.1) is 28.9 Å². The lowest BCUT2D eigenvalue weighted by atomic mass is 10.1. The molecule has 0 aliphatic carbocycles. The number of amides is 3. The number of hydrogen-bond acceptors (Lipinski definition) is 5. The molecule has 0 bridgehead atoms. The number of carboxylic acid groups (broad SMARTS) is 1. The molecule has 1 heterocycles. The van der Waals surface area contributed by atoms with Gasteiger partial charge in [0.2, 0.25) is 0 Å². The molecule has 0 fully saturated rings. The van der Waals surface area contributed by atoms with Crippen molar-refractivity contribution in [3.05, 3.63) is 89.0 Å². The van der Waals surface area contributed by atoms with Gasteiger partial charge in [-0.05, 0) is 54.1 Å². The van der Waals surface area contributed by atoms with E-state index in [4.69, 9.17) is 5.11 Å². The second-order valence-electron chi connectivity index (χ2n) is 6.91. The lowest BCUT2D eigenvalue weighted by Gasteiger charge is -2.14. The van der Waals surface area contributed by atoms with Gasteiger partial charge in [0.1, 0.15) is 5.75 Å². The minimum atomic E-state index is -1.04. The summed E-state index contributed by atoms with van der Waals surface area (Å²) in [4.78, 5) is 49.6. The molecule has 0 spiro atoms. The van der Waals surface area contributed by atoms with Crippen molar-refractivity contribution >= 4 is 35.1 Å². The number of aromatic hydroxyl groups is 1. The van der Waals surface area contributed by atoms with Gasteiger partial charge in [0, 0.05) is 5.56 Å². The first-order valence-electron chi connectivity index (χ1n) is 9.28. The van der Waals surface area contributed by atoms with E-state index in [-0.39, 0.29) is 23.4 Å². The fourth-order valence-corrected chi connectivity index (χ4v) is 3.35. The summed E-state index contributed by atoms with van der Waals surface area (Å²) in [7, 11) is 0. The molecule has 3 aromatic rings. The van der Waals surface area contributed by atoms with Gasteiger partial charge in [-0.15, -0.1) is 0 Å².